The number of thiocarbonyl (C=S) groups is 1. The Morgan fingerprint density at radius 1 is 1.73 bits per heavy atom. The third-order valence-electron chi connectivity index (χ3n) is 1.29. The molecule has 58 valence electrons. The summed E-state index contributed by atoms with van der Waals surface area (Å²) in [4.78, 5) is 3.79. The summed E-state index contributed by atoms with van der Waals surface area (Å²) in [7, 11) is 0. The molecule has 3 nitrogen and oxygen atoms in total. The van der Waals surface area contributed by atoms with Gasteiger partial charge in [0, 0.05) is 6.04 Å². The average molecular weight is 167 g/mol. The van der Waals surface area contributed by atoms with E-state index in [-0.39, 0.29) is 0 Å². The zero-order valence-electron chi connectivity index (χ0n) is 6.48. The van der Waals surface area contributed by atoms with E-state index in [9.17, 15) is 0 Å². The van der Waals surface area contributed by atoms with Gasteiger partial charge in [0.05, 0.1) is 17.6 Å². The fourth-order valence-electron chi connectivity index (χ4n) is 0.721. The van der Waals surface area contributed by atoms with Crippen LogP contribution in [-0.2, 0) is 0 Å². The summed E-state index contributed by atoms with van der Waals surface area (Å²) >= 11 is 4.46. The second-order valence-electron chi connectivity index (χ2n) is 2.48. The predicted octanol–water partition coefficient (Wildman–Crippen LogP) is 2.20. The number of hydrogen-bond donors (Lipinski definition) is 0. The van der Waals surface area contributed by atoms with Crippen molar-refractivity contribution in [1.82, 2.24) is 9.78 Å². The molecule has 0 saturated heterocycles. The van der Waals surface area contributed by atoms with Crippen molar-refractivity contribution in [3.63, 3.8) is 0 Å². The molecule has 1 aromatic rings. The van der Waals surface area contributed by atoms with Crippen molar-refractivity contribution < 1.29 is 0 Å². The van der Waals surface area contributed by atoms with Crippen LogP contribution in [0, 0.1) is 0 Å². The van der Waals surface area contributed by atoms with E-state index < -0.39 is 0 Å². The van der Waals surface area contributed by atoms with Crippen molar-refractivity contribution >= 4 is 23.1 Å². The normalized spacial score (nSPS) is 9.73. The smallest absolute Gasteiger partial charge is 0.112 e. The van der Waals surface area contributed by atoms with Crippen molar-refractivity contribution in [2.45, 2.75) is 19.9 Å². The van der Waals surface area contributed by atoms with Crippen molar-refractivity contribution in [2.75, 3.05) is 0 Å². The largest absolute Gasteiger partial charge is 0.268 e. The average Bonchev–Trinajstić information content (AvgIpc) is 2.37. The Balaban J connectivity index is 2.90. The molecule has 0 bridgehead atoms. The lowest BCUT2D eigenvalue weighted by molar-refractivity contribution is 0.532. The molecule has 0 amide bonds. The molecule has 0 N–H and O–H groups in total. The molecule has 1 heterocycles. The van der Waals surface area contributed by atoms with Crippen LogP contribution in [0.25, 0.3) is 0 Å². The topological polar surface area (TPSA) is 30.2 Å². The van der Waals surface area contributed by atoms with Gasteiger partial charge in [-0.15, -0.1) is 0 Å². The van der Waals surface area contributed by atoms with Gasteiger partial charge in [-0.3, -0.25) is 4.68 Å². The first-order valence-electron chi connectivity index (χ1n) is 3.36. The van der Waals surface area contributed by atoms with Crippen molar-refractivity contribution in [1.29, 1.82) is 0 Å². The Morgan fingerprint density at radius 3 is 2.91 bits per heavy atom. The molecule has 0 aliphatic rings. The van der Waals surface area contributed by atoms with Crippen LogP contribution in [-0.4, -0.2) is 14.9 Å². The van der Waals surface area contributed by atoms with Crippen LogP contribution in [0.2, 0.25) is 0 Å². The third-order valence-corrected chi connectivity index (χ3v) is 1.38. The van der Waals surface area contributed by atoms with Crippen LogP contribution in [0.3, 0.4) is 0 Å². The van der Waals surface area contributed by atoms with Gasteiger partial charge in [-0.1, -0.05) is 0 Å². The number of nitrogens with zero attached hydrogens (tertiary/aromatic N) is 3. The molecular formula is C7H9N3S. The van der Waals surface area contributed by atoms with Crippen LogP contribution in [0.1, 0.15) is 19.9 Å². The van der Waals surface area contributed by atoms with Crippen molar-refractivity contribution in [2.24, 2.45) is 4.99 Å². The van der Waals surface area contributed by atoms with Gasteiger partial charge in [0.15, 0.2) is 0 Å². The second-order valence-corrected chi connectivity index (χ2v) is 2.66. The van der Waals surface area contributed by atoms with Crippen molar-refractivity contribution in [3.05, 3.63) is 12.4 Å². The SMILES string of the molecule is CC(C)n1cc(N=C=S)cn1. The van der Waals surface area contributed by atoms with Gasteiger partial charge in [-0.2, -0.15) is 10.1 Å². The molecule has 0 aliphatic carbocycles. The monoisotopic (exact) mass is 167 g/mol. The number of rotatable bonds is 2. The second kappa shape index (κ2) is 3.42. The number of aliphatic imine (C=N–C) groups is 1. The molecule has 0 saturated carbocycles. The molecule has 11 heavy (non-hydrogen) atoms. The Labute approximate surface area is 70.8 Å². The Kier molecular flexibility index (Phi) is 2.52. The lowest BCUT2D eigenvalue weighted by Crippen LogP contribution is -1.99. The number of isothiocyanates is 1. The van der Waals surface area contributed by atoms with Crippen LogP contribution >= 0.6 is 12.2 Å². The van der Waals surface area contributed by atoms with Crippen LogP contribution in [0.15, 0.2) is 17.4 Å². The van der Waals surface area contributed by atoms with E-state index >= 15 is 0 Å². The van der Waals surface area contributed by atoms with E-state index in [1.807, 2.05) is 10.9 Å². The molecule has 0 aromatic carbocycles. The summed E-state index contributed by atoms with van der Waals surface area (Å²) in [6.45, 7) is 4.11. The first-order valence-corrected chi connectivity index (χ1v) is 3.77. The summed E-state index contributed by atoms with van der Waals surface area (Å²) in [5, 5.41) is 6.36. The fraction of sp³-hybridized carbons (Fsp3) is 0.429. The molecule has 1 aromatic heterocycles. The zero-order chi connectivity index (χ0) is 8.27. The van der Waals surface area contributed by atoms with Gasteiger partial charge in [0.1, 0.15) is 5.69 Å². The number of aromatic nitrogens is 2. The van der Waals surface area contributed by atoms with Gasteiger partial charge in [-0.05, 0) is 26.1 Å². The summed E-state index contributed by atoms with van der Waals surface area (Å²) in [5.41, 5.74) is 0.758. The third kappa shape index (κ3) is 1.97. The quantitative estimate of drug-likeness (QED) is 0.499. The summed E-state index contributed by atoms with van der Waals surface area (Å²) < 4.78 is 1.82. The molecule has 0 aliphatic heterocycles. The highest BCUT2D eigenvalue weighted by atomic mass is 32.1. The molecular weight excluding hydrogens is 158 g/mol. The first kappa shape index (κ1) is 8.11. The predicted molar refractivity (Wildman–Crippen MR) is 47.3 cm³/mol. The summed E-state index contributed by atoms with van der Waals surface area (Å²) in [5.74, 6) is 0. The van der Waals surface area contributed by atoms with E-state index in [1.54, 1.807) is 6.20 Å². The summed E-state index contributed by atoms with van der Waals surface area (Å²) in [6.07, 6.45) is 3.50. The minimum absolute atomic E-state index is 0.365. The van der Waals surface area contributed by atoms with Crippen molar-refractivity contribution in [3.8, 4) is 0 Å². The van der Waals surface area contributed by atoms with Crippen LogP contribution < -0.4 is 0 Å². The molecule has 0 spiro atoms. The molecule has 1 rings (SSSR count). The van der Waals surface area contributed by atoms with E-state index in [0.717, 1.165) is 5.69 Å². The Hall–Kier alpha value is -0.990. The lowest BCUT2D eigenvalue weighted by Gasteiger charge is -2.01. The maximum atomic E-state index is 4.46. The Morgan fingerprint density at radius 2 is 2.45 bits per heavy atom. The molecule has 0 unspecified atom stereocenters. The van der Waals surface area contributed by atoms with Gasteiger partial charge in [-0.25, -0.2) is 0 Å². The fourth-order valence-corrected chi connectivity index (χ4v) is 0.826. The van der Waals surface area contributed by atoms with E-state index in [2.05, 4.69) is 41.3 Å². The zero-order valence-corrected chi connectivity index (χ0v) is 7.30. The highest BCUT2D eigenvalue weighted by Gasteiger charge is 1.98. The summed E-state index contributed by atoms with van der Waals surface area (Å²) in [6, 6.07) is 0.365. The van der Waals surface area contributed by atoms with Gasteiger partial charge < -0.3 is 0 Å². The molecule has 4 heteroatoms. The van der Waals surface area contributed by atoms with Gasteiger partial charge in [0.2, 0.25) is 0 Å². The highest BCUT2D eigenvalue weighted by molar-refractivity contribution is 7.78. The van der Waals surface area contributed by atoms with E-state index in [4.69, 9.17) is 0 Å². The van der Waals surface area contributed by atoms with Gasteiger partial charge >= 0.3 is 0 Å². The molecule has 0 atom stereocenters. The number of hydrogen-bond acceptors (Lipinski definition) is 3. The van der Waals surface area contributed by atoms with Crippen LogP contribution in [0.5, 0.6) is 0 Å². The maximum Gasteiger partial charge on any atom is 0.112 e. The van der Waals surface area contributed by atoms with E-state index in [0.29, 0.717) is 6.04 Å². The lowest BCUT2D eigenvalue weighted by atomic mass is 10.4. The van der Waals surface area contributed by atoms with E-state index in [1.165, 1.54) is 0 Å². The molecule has 0 fully saturated rings. The Bertz CT molecular complexity index is 284. The maximum absolute atomic E-state index is 4.46. The highest BCUT2D eigenvalue weighted by Crippen LogP contribution is 2.11. The minimum atomic E-state index is 0.365. The first-order chi connectivity index (χ1) is 5.24. The standard InChI is InChI=1S/C7H9N3S/c1-6(2)10-4-7(3-9-10)8-5-11/h3-4,6H,1-2H3. The van der Waals surface area contributed by atoms with Gasteiger partial charge in [0.25, 0.3) is 0 Å². The molecule has 0 radical (unpaired) electrons. The van der Waals surface area contributed by atoms with Crippen LogP contribution in [0.4, 0.5) is 5.69 Å². The minimum Gasteiger partial charge on any atom is -0.268 e.